The first-order valence-corrected chi connectivity index (χ1v) is 10.1. The number of aryl methyl sites for hydroxylation is 3. The van der Waals surface area contributed by atoms with Gasteiger partial charge in [-0.25, -0.2) is 13.1 Å². The quantitative estimate of drug-likeness (QED) is 0.716. The van der Waals surface area contributed by atoms with E-state index >= 15 is 0 Å². The first kappa shape index (κ1) is 18.4. The molecule has 0 spiro atoms. The Morgan fingerprint density at radius 3 is 2.23 bits per heavy atom. The molecule has 0 unspecified atom stereocenters. The molecule has 1 heterocycles. The lowest BCUT2D eigenvalue weighted by Gasteiger charge is -2.14. The number of nitrogens with one attached hydrogen (secondary N) is 1. The summed E-state index contributed by atoms with van der Waals surface area (Å²) in [5.74, 6) is 0. The van der Waals surface area contributed by atoms with Crippen LogP contribution in [0.5, 0.6) is 0 Å². The average molecular weight is 369 g/mol. The number of hydrogen-bond acceptors (Lipinski definition) is 2. The summed E-state index contributed by atoms with van der Waals surface area (Å²) < 4.78 is 30.5. The predicted molar refractivity (Wildman–Crippen MR) is 105 cm³/mol. The molecule has 0 saturated heterocycles. The molecule has 0 saturated carbocycles. The van der Waals surface area contributed by atoms with Gasteiger partial charge >= 0.3 is 0 Å². The summed E-state index contributed by atoms with van der Waals surface area (Å²) in [6.45, 7) is 6.63. The Bertz CT molecular complexity index is 982. The van der Waals surface area contributed by atoms with Gasteiger partial charge in [0.25, 0.3) is 0 Å². The fourth-order valence-electron chi connectivity index (χ4n) is 3.38. The smallest absolute Gasteiger partial charge is 0.241 e. The van der Waals surface area contributed by atoms with Gasteiger partial charge in [0, 0.05) is 18.4 Å². The summed E-state index contributed by atoms with van der Waals surface area (Å²) in [6, 6.07) is 17.8. The van der Waals surface area contributed by atoms with Gasteiger partial charge in [-0.2, -0.15) is 0 Å². The molecule has 5 heteroatoms. The van der Waals surface area contributed by atoms with Crippen molar-refractivity contribution in [1.82, 2.24) is 9.29 Å². The topological polar surface area (TPSA) is 51.1 Å². The van der Waals surface area contributed by atoms with Crippen LogP contribution >= 0.6 is 0 Å². The minimum Gasteiger partial charge on any atom is -0.346 e. The van der Waals surface area contributed by atoms with E-state index in [2.05, 4.69) is 21.4 Å². The largest absolute Gasteiger partial charge is 0.346 e. The van der Waals surface area contributed by atoms with Crippen molar-refractivity contribution in [1.29, 1.82) is 0 Å². The van der Waals surface area contributed by atoms with Gasteiger partial charge in [0.1, 0.15) is 0 Å². The summed E-state index contributed by atoms with van der Waals surface area (Å²) in [6.07, 6.45) is 1.97. The van der Waals surface area contributed by atoms with Crippen LogP contribution in [0.1, 0.15) is 27.9 Å². The molecule has 136 valence electrons. The molecule has 0 radical (unpaired) electrons. The number of benzene rings is 2. The highest BCUT2D eigenvalue weighted by Gasteiger charge is 2.20. The average Bonchev–Trinajstić information content (AvgIpc) is 3.00. The van der Waals surface area contributed by atoms with Gasteiger partial charge in [-0.05, 0) is 49.6 Å². The van der Waals surface area contributed by atoms with Crippen LogP contribution in [-0.2, 0) is 23.1 Å². The number of rotatable bonds is 6. The zero-order chi connectivity index (χ0) is 18.7. The lowest BCUT2D eigenvalue weighted by molar-refractivity contribution is 0.576. The Hall–Kier alpha value is -2.37. The van der Waals surface area contributed by atoms with Gasteiger partial charge < -0.3 is 4.57 Å². The molecule has 4 nitrogen and oxygen atoms in total. The van der Waals surface area contributed by atoms with Gasteiger partial charge in [0.05, 0.1) is 11.4 Å². The van der Waals surface area contributed by atoms with E-state index in [1.54, 1.807) is 0 Å². The normalized spacial score (nSPS) is 11.7. The molecule has 1 aromatic heterocycles. The van der Waals surface area contributed by atoms with Crippen LogP contribution in [0, 0.1) is 20.8 Å². The Balaban J connectivity index is 1.79. The van der Waals surface area contributed by atoms with Gasteiger partial charge in [0.15, 0.2) is 0 Å². The number of aromatic nitrogens is 1. The highest BCUT2D eigenvalue weighted by molar-refractivity contribution is 7.89. The van der Waals surface area contributed by atoms with E-state index < -0.39 is 10.0 Å². The van der Waals surface area contributed by atoms with Crippen LogP contribution in [0.3, 0.4) is 0 Å². The maximum Gasteiger partial charge on any atom is 0.241 e. The second-order valence-electron chi connectivity index (χ2n) is 6.67. The molecule has 0 aliphatic heterocycles. The van der Waals surface area contributed by atoms with Crippen LogP contribution < -0.4 is 4.72 Å². The molecule has 26 heavy (non-hydrogen) atoms. The van der Waals surface area contributed by atoms with Crippen molar-refractivity contribution in [2.45, 2.75) is 38.8 Å². The third-order valence-corrected chi connectivity index (χ3v) is 6.14. The Morgan fingerprint density at radius 1 is 0.923 bits per heavy atom. The van der Waals surface area contributed by atoms with E-state index in [4.69, 9.17) is 0 Å². The zero-order valence-corrected chi connectivity index (χ0v) is 16.2. The summed E-state index contributed by atoms with van der Waals surface area (Å²) >= 11 is 0. The molecule has 3 aromatic rings. The Morgan fingerprint density at radius 2 is 1.58 bits per heavy atom. The highest BCUT2D eigenvalue weighted by Crippen LogP contribution is 2.22. The first-order chi connectivity index (χ1) is 12.4. The van der Waals surface area contributed by atoms with Crippen molar-refractivity contribution in [3.8, 4) is 0 Å². The van der Waals surface area contributed by atoms with Crippen molar-refractivity contribution in [3.05, 3.63) is 88.7 Å². The summed E-state index contributed by atoms with van der Waals surface area (Å²) in [5, 5.41) is 0. The third kappa shape index (κ3) is 4.06. The first-order valence-electron chi connectivity index (χ1n) is 8.62. The van der Waals surface area contributed by atoms with Gasteiger partial charge in [-0.1, -0.05) is 48.0 Å². The van der Waals surface area contributed by atoms with Crippen LogP contribution in [0.15, 0.2) is 65.7 Å². The Kier molecular flexibility index (Phi) is 5.30. The SMILES string of the molecule is Cc1cc(C)c(S(=O)(=O)NCc2cccn2Cc2ccccc2)c(C)c1. The van der Waals surface area contributed by atoms with Crippen molar-refractivity contribution in [3.63, 3.8) is 0 Å². The highest BCUT2D eigenvalue weighted by atomic mass is 32.2. The second kappa shape index (κ2) is 7.48. The van der Waals surface area contributed by atoms with E-state index in [1.807, 2.05) is 69.4 Å². The van der Waals surface area contributed by atoms with Crippen LogP contribution in [0.25, 0.3) is 0 Å². The fraction of sp³-hybridized carbons (Fsp3) is 0.238. The molecule has 0 amide bonds. The molecule has 0 bridgehead atoms. The van der Waals surface area contributed by atoms with E-state index in [0.717, 1.165) is 22.4 Å². The molecule has 1 N–H and O–H groups in total. The van der Waals surface area contributed by atoms with E-state index in [-0.39, 0.29) is 6.54 Å². The maximum absolute atomic E-state index is 12.8. The van der Waals surface area contributed by atoms with Gasteiger partial charge in [-0.15, -0.1) is 0 Å². The van der Waals surface area contributed by atoms with E-state index in [0.29, 0.717) is 11.4 Å². The lowest BCUT2D eigenvalue weighted by Crippen LogP contribution is -2.26. The second-order valence-corrected chi connectivity index (χ2v) is 8.37. The third-order valence-electron chi connectivity index (χ3n) is 4.44. The van der Waals surface area contributed by atoms with Crippen molar-refractivity contribution in [2.75, 3.05) is 0 Å². The van der Waals surface area contributed by atoms with E-state index in [9.17, 15) is 8.42 Å². The number of hydrogen-bond donors (Lipinski definition) is 1. The van der Waals surface area contributed by atoms with Gasteiger partial charge in [-0.3, -0.25) is 0 Å². The van der Waals surface area contributed by atoms with Crippen molar-refractivity contribution in [2.24, 2.45) is 0 Å². The summed E-state index contributed by atoms with van der Waals surface area (Å²) in [5.41, 5.74) is 4.72. The molecule has 0 atom stereocenters. The maximum atomic E-state index is 12.8. The summed E-state index contributed by atoms with van der Waals surface area (Å²) in [7, 11) is -3.57. The van der Waals surface area contributed by atoms with Crippen LogP contribution in [-0.4, -0.2) is 13.0 Å². The monoisotopic (exact) mass is 368 g/mol. The standard InChI is InChI=1S/C21H24N2O2S/c1-16-12-17(2)21(18(3)13-16)26(24,25)22-14-20-10-7-11-23(20)15-19-8-5-4-6-9-19/h4-13,22H,14-15H2,1-3H3. The predicted octanol–water partition coefficient (Wildman–Crippen LogP) is 3.94. The number of nitrogens with zero attached hydrogens (tertiary/aromatic N) is 1. The minimum absolute atomic E-state index is 0.259. The Labute approximate surface area is 155 Å². The van der Waals surface area contributed by atoms with Gasteiger partial charge in [0.2, 0.25) is 10.0 Å². The van der Waals surface area contributed by atoms with Crippen molar-refractivity contribution >= 4 is 10.0 Å². The summed E-state index contributed by atoms with van der Waals surface area (Å²) in [4.78, 5) is 0.379. The molecule has 0 fully saturated rings. The van der Waals surface area contributed by atoms with Crippen molar-refractivity contribution < 1.29 is 8.42 Å². The molecular formula is C21H24N2O2S. The van der Waals surface area contributed by atoms with Crippen LogP contribution in [0.2, 0.25) is 0 Å². The molecule has 0 aliphatic carbocycles. The molecule has 2 aromatic carbocycles. The molecule has 3 rings (SSSR count). The lowest BCUT2D eigenvalue weighted by atomic mass is 10.1. The van der Waals surface area contributed by atoms with Crippen LogP contribution in [0.4, 0.5) is 0 Å². The zero-order valence-electron chi connectivity index (χ0n) is 15.4. The molecule has 0 aliphatic rings. The number of sulfonamides is 1. The molecular weight excluding hydrogens is 344 g/mol. The fourth-order valence-corrected chi connectivity index (χ4v) is 4.82. The minimum atomic E-state index is -3.57. The van der Waals surface area contributed by atoms with E-state index in [1.165, 1.54) is 5.56 Å².